The molecule has 1 heterocycles. The Morgan fingerprint density at radius 1 is 0.922 bits per heavy atom. The minimum absolute atomic E-state index is 0.0964. The highest BCUT2D eigenvalue weighted by Gasteiger charge is 2.32. The Labute approximate surface area is 298 Å². The number of amides is 1. The number of likely N-dealkylation sites (N-methyl/N-ethyl adjacent to an activating group) is 1. The molecule has 1 fully saturated rings. The lowest BCUT2D eigenvalue weighted by molar-refractivity contribution is -0.137. The van der Waals surface area contributed by atoms with Gasteiger partial charge in [-0.25, -0.2) is 4.98 Å². The van der Waals surface area contributed by atoms with Crippen molar-refractivity contribution in [1.29, 1.82) is 0 Å². The summed E-state index contributed by atoms with van der Waals surface area (Å²) in [5, 5.41) is 0.458. The molecule has 1 aromatic heterocycles. The molecule has 0 spiro atoms. The van der Waals surface area contributed by atoms with E-state index in [4.69, 9.17) is 9.72 Å². The summed E-state index contributed by atoms with van der Waals surface area (Å²) in [6.45, 7) is 4.87. The van der Waals surface area contributed by atoms with Crippen LogP contribution in [-0.4, -0.2) is 84.1 Å². The quantitative estimate of drug-likeness (QED) is 0.129. The number of ether oxygens (including phenoxy) is 1. The van der Waals surface area contributed by atoms with Crippen molar-refractivity contribution >= 4 is 16.8 Å². The lowest BCUT2D eigenvalue weighted by atomic mass is 9.89. The van der Waals surface area contributed by atoms with Crippen LogP contribution in [0, 0.1) is 5.92 Å². The van der Waals surface area contributed by atoms with Crippen LogP contribution in [0.1, 0.15) is 68.4 Å². The van der Waals surface area contributed by atoms with Crippen LogP contribution < -0.4 is 10.3 Å². The molecule has 5 rings (SSSR count). The van der Waals surface area contributed by atoms with E-state index >= 15 is 0 Å². The second-order valence-corrected chi connectivity index (χ2v) is 13.9. The molecule has 11 heteroatoms. The molecule has 1 aliphatic rings. The maximum atomic E-state index is 14.4. The molecule has 51 heavy (non-hydrogen) atoms. The highest BCUT2D eigenvalue weighted by Crippen LogP contribution is 2.31. The first-order chi connectivity index (χ1) is 24.4. The summed E-state index contributed by atoms with van der Waals surface area (Å²) in [5.74, 6) is 1.48. The zero-order chi connectivity index (χ0) is 36.5. The number of carbonyl (C=O) groups is 1. The molecule has 0 bridgehead atoms. The van der Waals surface area contributed by atoms with E-state index < -0.39 is 17.8 Å². The molecule has 1 saturated carbocycles. The highest BCUT2D eigenvalue weighted by atomic mass is 19.4. The maximum absolute atomic E-state index is 14.4. The Morgan fingerprint density at radius 3 is 2.25 bits per heavy atom. The number of benzene rings is 3. The van der Waals surface area contributed by atoms with Crippen molar-refractivity contribution in [3.8, 4) is 11.4 Å². The van der Waals surface area contributed by atoms with E-state index in [1.54, 1.807) is 15.5 Å². The molecule has 1 atom stereocenters. The molecule has 3 aromatic carbocycles. The molecule has 0 aliphatic heterocycles. The summed E-state index contributed by atoms with van der Waals surface area (Å²) in [6.07, 6.45) is 2.11. The van der Waals surface area contributed by atoms with Gasteiger partial charge >= 0.3 is 6.18 Å². The van der Waals surface area contributed by atoms with Crippen molar-refractivity contribution in [2.75, 3.05) is 53.9 Å². The number of aromatic nitrogens is 2. The molecule has 1 unspecified atom stereocenters. The summed E-state index contributed by atoms with van der Waals surface area (Å²) >= 11 is 0. The first-order valence-electron chi connectivity index (χ1n) is 18.0. The molecule has 0 saturated heterocycles. The van der Waals surface area contributed by atoms with Crippen LogP contribution in [0.4, 0.5) is 13.2 Å². The van der Waals surface area contributed by atoms with Crippen molar-refractivity contribution in [2.24, 2.45) is 5.92 Å². The smallest absolute Gasteiger partial charge is 0.416 e. The number of alkyl halides is 3. The lowest BCUT2D eigenvalue weighted by Gasteiger charge is -2.35. The molecule has 4 aromatic rings. The van der Waals surface area contributed by atoms with Gasteiger partial charge in [-0.05, 0) is 107 Å². The molecule has 0 N–H and O–H groups in total. The van der Waals surface area contributed by atoms with E-state index in [0.717, 1.165) is 18.7 Å². The number of halogens is 3. The third-order valence-electron chi connectivity index (χ3n) is 9.71. The minimum atomic E-state index is -4.47. The van der Waals surface area contributed by atoms with Crippen LogP contribution in [0.15, 0.2) is 77.6 Å². The fourth-order valence-electron chi connectivity index (χ4n) is 7.00. The fraction of sp³-hybridized carbons (Fsp3) is 0.475. The van der Waals surface area contributed by atoms with E-state index in [9.17, 15) is 22.8 Å². The maximum Gasteiger partial charge on any atom is 0.416 e. The van der Waals surface area contributed by atoms with Crippen LogP contribution in [-0.2, 0) is 17.4 Å². The van der Waals surface area contributed by atoms with Crippen LogP contribution >= 0.6 is 0 Å². The zero-order valence-corrected chi connectivity index (χ0v) is 30.2. The second kappa shape index (κ2) is 17.3. The van der Waals surface area contributed by atoms with Gasteiger partial charge in [0.25, 0.3) is 5.56 Å². The summed E-state index contributed by atoms with van der Waals surface area (Å²) in [4.78, 5) is 40.0. The third-order valence-corrected chi connectivity index (χ3v) is 9.71. The molecule has 0 radical (unpaired) electrons. The Hall–Kier alpha value is -4.22. The monoisotopic (exact) mass is 705 g/mol. The van der Waals surface area contributed by atoms with Gasteiger partial charge in [-0.15, -0.1) is 0 Å². The number of carbonyl (C=O) groups excluding carboxylic acids is 1. The topological polar surface area (TPSA) is 70.9 Å². The van der Waals surface area contributed by atoms with Gasteiger partial charge in [0, 0.05) is 26.2 Å². The van der Waals surface area contributed by atoms with E-state index in [-0.39, 0.29) is 17.9 Å². The number of hydrogen-bond acceptors (Lipinski definition) is 6. The minimum Gasteiger partial charge on any atom is -0.494 e. The predicted octanol–water partition coefficient (Wildman–Crippen LogP) is 7.38. The molecular formula is C40H50F3N5O3. The summed E-state index contributed by atoms with van der Waals surface area (Å²) in [7, 11) is 5.96. The van der Waals surface area contributed by atoms with E-state index in [2.05, 4.69) is 11.9 Å². The standard InChI is InChI=1S/C40H50F3N5O3/c1-5-51-33-21-19-32(20-22-33)48-38(44-35-14-10-9-13-34(35)39(48)50)36(23-24-46(4)28-30-11-7-6-8-12-30)47(26-25-45(2)3)37(49)27-29-15-17-31(18-16-29)40(41,42)43/h9-10,13-22,30,36H,5-8,11-12,23-28H2,1-4H3. The third kappa shape index (κ3) is 9.98. The van der Waals surface area contributed by atoms with Gasteiger partial charge in [0.2, 0.25) is 5.91 Å². The van der Waals surface area contributed by atoms with Gasteiger partial charge < -0.3 is 19.4 Å². The molecule has 274 valence electrons. The Kier molecular flexibility index (Phi) is 12.9. The molecule has 1 aliphatic carbocycles. The van der Waals surface area contributed by atoms with Gasteiger partial charge in [-0.3, -0.25) is 14.2 Å². The van der Waals surface area contributed by atoms with E-state index in [1.807, 2.05) is 68.4 Å². The lowest BCUT2D eigenvalue weighted by Crippen LogP contribution is -2.44. The van der Waals surface area contributed by atoms with E-state index in [1.165, 1.54) is 44.2 Å². The Morgan fingerprint density at radius 2 is 1.61 bits per heavy atom. The number of nitrogens with zero attached hydrogens (tertiary/aromatic N) is 5. The highest BCUT2D eigenvalue weighted by molar-refractivity contribution is 5.80. The summed E-state index contributed by atoms with van der Waals surface area (Å²) in [5.41, 5.74) is 0.597. The first kappa shape index (κ1) is 38.0. The number of hydrogen-bond donors (Lipinski definition) is 0. The van der Waals surface area contributed by atoms with Crippen molar-refractivity contribution in [3.63, 3.8) is 0 Å². The van der Waals surface area contributed by atoms with Crippen LogP contribution in [0.5, 0.6) is 5.75 Å². The predicted molar refractivity (Wildman–Crippen MR) is 195 cm³/mol. The average Bonchev–Trinajstić information content (AvgIpc) is 3.10. The van der Waals surface area contributed by atoms with Crippen molar-refractivity contribution in [1.82, 2.24) is 24.3 Å². The summed E-state index contributed by atoms with van der Waals surface area (Å²) in [6, 6.07) is 18.6. The van der Waals surface area contributed by atoms with Crippen LogP contribution in [0.3, 0.4) is 0 Å². The van der Waals surface area contributed by atoms with Gasteiger partial charge in [0.15, 0.2) is 0 Å². The number of fused-ring (bicyclic) bond motifs is 1. The SMILES string of the molecule is CCOc1ccc(-n2c(C(CCN(C)CC3CCCCC3)N(CCN(C)C)C(=O)Cc3ccc(C(F)(F)F)cc3)nc3ccccc3c2=O)cc1. The van der Waals surface area contributed by atoms with Crippen molar-refractivity contribution < 1.29 is 22.7 Å². The molecular weight excluding hydrogens is 655 g/mol. The Balaban J connectivity index is 1.60. The largest absolute Gasteiger partial charge is 0.494 e. The summed E-state index contributed by atoms with van der Waals surface area (Å²) < 4.78 is 47.3. The zero-order valence-electron chi connectivity index (χ0n) is 30.2. The molecule has 8 nitrogen and oxygen atoms in total. The van der Waals surface area contributed by atoms with Gasteiger partial charge in [0.1, 0.15) is 11.6 Å². The van der Waals surface area contributed by atoms with E-state index in [0.29, 0.717) is 72.3 Å². The van der Waals surface area contributed by atoms with Crippen molar-refractivity contribution in [2.45, 2.75) is 64.1 Å². The van der Waals surface area contributed by atoms with Crippen LogP contribution in [0.25, 0.3) is 16.6 Å². The van der Waals surface area contributed by atoms with Crippen molar-refractivity contribution in [3.05, 3.63) is 100 Å². The molecule has 1 amide bonds. The first-order valence-corrected chi connectivity index (χ1v) is 18.0. The van der Waals surface area contributed by atoms with Gasteiger partial charge in [-0.2, -0.15) is 13.2 Å². The second-order valence-electron chi connectivity index (χ2n) is 13.9. The fourth-order valence-corrected chi connectivity index (χ4v) is 7.00. The van der Waals surface area contributed by atoms with Gasteiger partial charge in [-0.1, -0.05) is 43.5 Å². The number of para-hydroxylation sites is 1. The normalized spacial score (nSPS) is 14.7. The Bertz CT molecular complexity index is 1780. The van der Waals surface area contributed by atoms with Crippen LogP contribution in [0.2, 0.25) is 0 Å². The average molecular weight is 706 g/mol. The number of rotatable bonds is 15. The van der Waals surface area contributed by atoms with Gasteiger partial charge in [0.05, 0.1) is 41.2 Å².